The molecule has 0 amide bonds. The number of unbranched alkanes of at least 4 members (excludes halogenated alkanes) is 13. The van der Waals surface area contributed by atoms with Crippen molar-refractivity contribution in [2.24, 2.45) is 0 Å². The molecule has 294 valence electrons. The van der Waals surface area contributed by atoms with E-state index in [1.807, 2.05) is 24.3 Å². The van der Waals surface area contributed by atoms with E-state index >= 15 is 0 Å². The predicted molar refractivity (Wildman–Crippen MR) is 219 cm³/mol. The molecular weight excluding hydrogens is 697 g/mol. The van der Waals surface area contributed by atoms with E-state index in [-0.39, 0.29) is 11.5 Å². The van der Waals surface area contributed by atoms with Crippen LogP contribution >= 0.6 is 0 Å². The van der Waals surface area contributed by atoms with Crippen molar-refractivity contribution in [2.75, 3.05) is 0 Å². The molecule has 0 atom stereocenters. The quantitative estimate of drug-likeness (QED) is 0.0479. The van der Waals surface area contributed by atoms with Gasteiger partial charge in [-0.1, -0.05) is 145 Å². The molecule has 55 heavy (non-hydrogen) atoms. The second-order valence-corrected chi connectivity index (χ2v) is 13.8. The van der Waals surface area contributed by atoms with Gasteiger partial charge >= 0.3 is 13.2 Å². The first-order valence-electron chi connectivity index (χ1n) is 20.2. The first-order valence-corrected chi connectivity index (χ1v) is 20.2. The van der Waals surface area contributed by atoms with Gasteiger partial charge in [-0.25, -0.2) is 0 Å². The molecule has 0 saturated carbocycles. The summed E-state index contributed by atoms with van der Waals surface area (Å²) in [4.78, 5) is 0. The van der Waals surface area contributed by atoms with Crippen LogP contribution in [0.4, 0.5) is 17.6 Å². The lowest BCUT2D eigenvalue weighted by atomic mass is 10.0. The zero-order chi connectivity index (χ0) is 39.4. The molecule has 0 aliphatic heterocycles. The van der Waals surface area contributed by atoms with Crippen LogP contribution in [-0.2, 0) is 12.8 Å². The maximum absolute atomic E-state index is 12.1. The largest absolute Gasteiger partial charge is 0.435 e. The van der Waals surface area contributed by atoms with Gasteiger partial charge in [0.05, 0.1) is 0 Å². The normalized spacial score (nSPS) is 10.5. The molecule has 2 nitrogen and oxygen atoms in total. The number of hydrogen-bond donors (Lipinski definition) is 0. The van der Waals surface area contributed by atoms with Crippen molar-refractivity contribution in [1.29, 1.82) is 0 Å². The molecule has 0 aliphatic rings. The third-order valence-electron chi connectivity index (χ3n) is 9.16. The Hall–Kier alpha value is -4.68. The number of hydrogen-bond acceptors (Lipinski definition) is 2. The van der Waals surface area contributed by atoms with Gasteiger partial charge in [-0.05, 0) is 110 Å². The van der Waals surface area contributed by atoms with Crippen LogP contribution in [0.1, 0.15) is 144 Å². The van der Waals surface area contributed by atoms with Crippen molar-refractivity contribution in [3.05, 3.63) is 130 Å². The number of alkyl halides is 4. The van der Waals surface area contributed by atoms with E-state index in [0.717, 1.165) is 35.1 Å². The first kappa shape index (κ1) is 44.7. The van der Waals surface area contributed by atoms with E-state index < -0.39 is 13.2 Å². The van der Waals surface area contributed by atoms with Crippen molar-refractivity contribution in [3.63, 3.8) is 0 Å². The Kier molecular flexibility index (Phi) is 22.6. The Bertz CT molecular complexity index is 1690. The molecule has 0 bridgehead atoms. The SMILES string of the molecule is CCCCCCCCCCc1ccc(C#Cc2ccc(OC(F)F)cc2)cc1.CCCCCCCCCc1ccc(C#Cc2ccc(OC(F)F)cc2)cc1. The van der Waals surface area contributed by atoms with Gasteiger partial charge in [0.1, 0.15) is 11.5 Å². The van der Waals surface area contributed by atoms with Gasteiger partial charge in [0.25, 0.3) is 0 Å². The summed E-state index contributed by atoms with van der Waals surface area (Å²) < 4.78 is 57.2. The van der Waals surface area contributed by atoms with Crippen molar-refractivity contribution in [2.45, 2.75) is 136 Å². The van der Waals surface area contributed by atoms with Crippen molar-refractivity contribution >= 4 is 0 Å². The number of aryl methyl sites for hydroxylation is 2. The lowest BCUT2D eigenvalue weighted by molar-refractivity contribution is -0.0505. The minimum Gasteiger partial charge on any atom is -0.435 e. The summed E-state index contributed by atoms with van der Waals surface area (Å²) in [6.07, 6.45) is 22.2. The summed E-state index contributed by atoms with van der Waals surface area (Å²) in [5.74, 6) is 12.6. The number of benzene rings is 4. The molecule has 0 unspecified atom stereocenters. The van der Waals surface area contributed by atoms with Crippen molar-refractivity contribution in [3.8, 4) is 35.2 Å². The molecule has 4 rings (SSSR count). The van der Waals surface area contributed by atoms with Crippen LogP contribution in [-0.4, -0.2) is 13.2 Å². The maximum Gasteiger partial charge on any atom is 0.387 e. The van der Waals surface area contributed by atoms with E-state index in [4.69, 9.17) is 0 Å². The molecule has 0 spiro atoms. The third-order valence-corrected chi connectivity index (χ3v) is 9.16. The van der Waals surface area contributed by atoms with Gasteiger partial charge in [-0.15, -0.1) is 0 Å². The zero-order valence-electron chi connectivity index (χ0n) is 32.7. The molecule has 0 aromatic heterocycles. The molecule has 4 aromatic carbocycles. The molecule has 6 heteroatoms. The second kappa shape index (κ2) is 27.8. The van der Waals surface area contributed by atoms with Crippen LogP contribution in [0, 0.1) is 23.7 Å². The minimum absolute atomic E-state index is 0.144. The molecule has 4 aromatic rings. The summed E-state index contributed by atoms with van der Waals surface area (Å²) in [7, 11) is 0. The Labute approximate surface area is 328 Å². The van der Waals surface area contributed by atoms with Gasteiger partial charge in [-0.3, -0.25) is 0 Å². The molecule has 0 saturated heterocycles. The summed E-state index contributed by atoms with van der Waals surface area (Å²) in [5, 5.41) is 0. The van der Waals surface area contributed by atoms with Gasteiger partial charge in [0, 0.05) is 22.3 Å². The maximum atomic E-state index is 12.1. The van der Waals surface area contributed by atoms with Gasteiger partial charge in [-0.2, -0.15) is 17.6 Å². The third kappa shape index (κ3) is 21.1. The highest BCUT2D eigenvalue weighted by atomic mass is 19.3. The van der Waals surface area contributed by atoms with E-state index in [1.54, 1.807) is 24.3 Å². The number of halogens is 4. The average molecular weight is 755 g/mol. The first-order chi connectivity index (χ1) is 26.8. The highest BCUT2D eigenvalue weighted by Crippen LogP contribution is 2.17. The molecular formula is C49H58F4O2. The fourth-order valence-corrected chi connectivity index (χ4v) is 5.99. The second-order valence-electron chi connectivity index (χ2n) is 13.8. The molecule has 0 radical (unpaired) electrons. The van der Waals surface area contributed by atoms with Crippen molar-refractivity contribution < 1.29 is 27.0 Å². The summed E-state index contributed by atoms with van der Waals surface area (Å²) in [6.45, 7) is -1.11. The Morgan fingerprint density at radius 2 is 0.618 bits per heavy atom. The van der Waals surface area contributed by atoms with E-state index in [2.05, 4.69) is 71.3 Å². The Morgan fingerprint density at radius 3 is 0.891 bits per heavy atom. The van der Waals surface area contributed by atoms with Crippen LogP contribution in [0.5, 0.6) is 11.5 Å². The van der Waals surface area contributed by atoms with Crippen LogP contribution in [0.3, 0.4) is 0 Å². The van der Waals surface area contributed by atoms with Crippen LogP contribution in [0.2, 0.25) is 0 Å². The molecule has 0 fully saturated rings. The molecule has 0 N–H and O–H groups in total. The lowest BCUT2D eigenvalue weighted by Gasteiger charge is -2.03. The van der Waals surface area contributed by atoms with Crippen molar-refractivity contribution in [1.82, 2.24) is 0 Å². The Morgan fingerprint density at radius 1 is 0.364 bits per heavy atom. The van der Waals surface area contributed by atoms with E-state index in [1.165, 1.54) is 132 Å². The van der Waals surface area contributed by atoms with E-state index in [9.17, 15) is 17.6 Å². The molecule has 0 heterocycles. The van der Waals surface area contributed by atoms with Crippen LogP contribution in [0.25, 0.3) is 0 Å². The molecule has 0 aliphatic carbocycles. The number of ether oxygens (including phenoxy) is 2. The predicted octanol–water partition coefficient (Wildman–Crippen LogP) is 14.4. The average Bonchev–Trinajstić information content (AvgIpc) is 3.19. The topological polar surface area (TPSA) is 18.5 Å². The fourth-order valence-electron chi connectivity index (χ4n) is 5.99. The van der Waals surface area contributed by atoms with Gasteiger partial charge in [0.2, 0.25) is 0 Å². The summed E-state index contributed by atoms with van der Waals surface area (Å²) in [5.41, 5.74) is 6.14. The fraction of sp³-hybridized carbons (Fsp3) is 0.429. The highest BCUT2D eigenvalue weighted by Gasteiger charge is 2.04. The van der Waals surface area contributed by atoms with E-state index in [0.29, 0.717) is 0 Å². The van der Waals surface area contributed by atoms with Gasteiger partial charge in [0.15, 0.2) is 0 Å². The monoisotopic (exact) mass is 754 g/mol. The number of rotatable bonds is 21. The standard InChI is InChI=1S/C25H30F2O.C24H28F2O/c1-2-3-4-5-6-7-8-9-10-21-11-13-22(14-12-21)15-16-23-17-19-24(20-18-23)28-25(26)27;1-2-3-4-5-6-7-8-9-20-10-12-21(13-11-20)14-15-22-16-18-23(19-17-22)27-24(25)26/h11-14,17-20,25H,2-10H2,1H3;10-13,16-19,24H,2-9H2,1H3. The summed E-state index contributed by atoms with van der Waals surface area (Å²) in [6, 6.07) is 29.5. The lowest BCUT2D eigenvalue weighted by Crippen LogP contribution is -2.01. The van der Waals surface area contributed by atoms with Crippen LogP contribution < -0.4 is 9.47 Å². The van der Waals surface area contributed by atoms with Gasteiger partial charge < -0.3 is 9.47 Å². The Balaban J connectivity index is 0.000000296. The van der Waals surface area contributed by atoms with Crippen LogP contribution in [0.15, 0.2) is 97.1 Å². The highest BCUT2D eigenvalue weighted by molar-refractivity contribution is 5.46. The summed E-state index contributed by atoms with van der Waals surface area (Å²) >= 11 is 0. The zero-order valence-corrected chi connectivity index (χ0v) is 32.7. The minimum atomic E-state index is -2.80. The smallest absolute Gasteiger partial charge is 0.387 e.